The lowest BCUT2D eigenvalue weighted by molar-refractivity contribution is 0.325. The molecular formula is C23H40Cl2N2S. The molecular weight excluding hydrogens is 407 g/mol. The summed E-state index contributed by atoms with van der Waals surface area (Å²) >= 11 is 15.5. The number of hydrogen-bond acceptors (Lipinski definition) is 3. The molecule has 0 amide bonds. The first-order valence-electron chi connectivity index (χ1n) is 12.1. The monoisotopic (exact) mass is 446 g/mol. The van der Waals surface area contributed by atoms with Crippen LogP contribution in [0.1, 0.15) is 83.5 Å². The number of alkyl halides is 2. The summed E-state index contributed by atoms with van der Waals surface area (Å²) in [5.74, 6) is 1.77. The van der Waals surface area contributed by atoms with Crippen LogP contribution in [-0.4, -0.2) is 46.4 Å². The molecule has 28 heavy (non-hydrogen) atoms. The number of nitrogens with one attached hydrogen (secondary N) is 2. The molecule has 162 valence electrons. The Morgan fingerprint density at radius 2 is 1.61 bits per heavy atom. The quantitative estimate of drug-likeness (QED) is 0.373. The van der Waals surface area contributed by atoms with Crippen LogP contribution in [-0.2, 0) is 0 Å². The summed E-state index contributed by atoms with van der Waals surface area (Å²) in [7, 11) is 0. The van der Waals surface area contributed by atoms with Crippen LogP contribution in [0.25, 0.3) is 0 Å². The molecule has 7 unspecified atom stereocenters. The van der Waals surface area contributed by atoms with E-state index < -0.39 is 0 Å². The van der Waals surface area contributed by atoms with Crippen LogP contribution < -0.4 is 10.6 Å². The molecule has 0 aromatic carbocycles. The second-order valence-corrected chi connectivity index (χ2v) is 12.4. The van der Waals surface area contributed by atoms with E-state index in [1.54, 1.807) is 0 Å². The Hall–Kier alpha value is 0.850. The van der Waals surface area contributed by atoms with Gasteiger partial charge in [0.05, 0.1) is 0 Å². The summed E-state index contributed by atoms with van der Waals surface area (Å²) in [5.41, 5.74) is 0. The first-order valence-corrected chi connectivity index (χ1v) is 13.9. The minimum Gasteiger partial charge on any atom is -0.316 e. The van der Waals surface area contributed by atoms with Gasteiger partial charge in [0.15, 0.2) is 0 Å². The fourth-order valence-corrected chi connectivity index (χ4v) is 9.10. The molecule has 0 radical (unpaired) electrons. The van der Waals surface area contributed by atoms with Crippen LogP contribution in [0.15, 0.2) is 0 Å². The van der Waals surface area contributed by atoms with Gasteiger partial charge < -0.3 is 10.6 Å². The van der Waals surface area contributed by atoms with E-state index in [4.69, 9.17) is 23.2 Å². The molecule has 4 rings (SSSR count). The highest BCUT2D eigenvalue weighted by molar-refractivity contribution is 8.00. The van der Waals surface area contributed by atoms with Crippen molar-refractivity contribution in [2.75, 3.05) is 13.1 Å². The molecule has 7 atom stereocenters. The SMILES string of the molecule is ClC1CCCC(Cl)C1SC1CCCCC1CNCCC1CC2CCCCC2N1. The van der Waals surface area contributed by atoms with Crippen LogP contribution in [0.2, 0.25) is 0 Å². The molecule has 1 heterocycles. The topological polar surface area (TPSA) is 24.1 Å². The lowest BCUT2D eigenvalue weighted by atomic mass is 9.85. The Kier molecular flexibility index (Phi) is 8.61. The average Bonchev–Trinajstić information content (AvgIpc) is 3.12. The minimum absolute atomic E-state index is 0.272. The van der Waals surface area contributed by atoms with E-state index in [9.17, 15) is 0 Å². The minimum atomic E-state index is 0.272. The van der Waals surface area contributed by atoms with E-state index in [-0.39, 0.29) is 10.8 Å². The van der Waals surface area contributed by atoms with Crippen molar-refractivity contribution in [3.05, 3.63) is 0 Å². The molecule has 5 heteroatoms. The van der Waals surface area contributed by atoms with Crippen molar-refractivity contribution < 1.29 is 0 Å². The molecule has 1 aliphatic heterocycles. The van der Waals surface area contributed by atoms with Gasteiger partial charge in [-0.1, -0.05) is 32.1 Å². The highest BCUT2D eigenvalue weighted by atomic mass is 35.5. The molecule has 2 N–H and O–H groups in total. The van der Waals surface area contributed by atoms with Gasteiger partial charge >= 0.3 is 0 Å². The lowest BCUT2D eigenvalue weighted by Gasteiger charge is -2.38. The third-order valence-electron chi connectivity index (χ3n) is 7.87. The van der Waals surface area contributed by atoms with Gasteiger partial charge in [0, 0.05) is 33.3 Å². The zero-order valence-corrected chi connectivity index (χ0v) is 19.7. The third kappa shape index (κ3) is 5.75. The van der Waals surface area contributed by atoms with E-state index in [1.807, 2.05) is 0 Å². The summed E-state index contributed by atoms with van der Waals surface area (Å²) in [6.45, 7) is 2.36. The van der Waals surface area contributed by atoms with E-state index in [2.05, 4.69) is 22.4 Å². The summed E-state index contributed by atoms with van der Waals surface area (Å²) < 4.78 is 0. The molecule has 4 fully saturated rings. The smallest absolute Gasteiger partial charge is 0.0469 e. The number of thioether (sulfide) groups is 1. The fraction of sp³-hybridized carbons (Fsp3) is 1.00. The molecule has 0 aromatic rings. The van der Waals surface area contributed by atoms with Crippen molar-refractivity contribution in [2.24, 2.45) is 11.8 Å². The highest BCUT2D eigenvalue weighted by Gasteiger charge is 2.37. The number of fused-ring (bicyclic) bond motifs is 1. The normalized spacial score (nSPS) is 44.4. The second kappa shape index (κ2) is 10.9. The Balaban J connectivity index is 1.18. The Morgan fingerprint density at radius 3 is 2.43 bits per heavy atom. The number of halogens is 2. The Bertz CT molecular complexity index is 456. The average molecular weight is 448 g/mol. The van der Waals surface area contributed by atoms with Crippen LogP contribution in [0.4, 0.5) is 0 Å². The van der Waals surface area contributed by atoms with Crippen molar-refractivity contribution in [3.8, 4) is 0 Å². The van der Waals surface area contributed by atoms with E-state index in [0.717, 1.165) is 42.0 Å². The Labute approximate surface area is 187 Å². The van der Waals surface area contributed by atoms with Gasteiger partial charge in [-0.05, 0) is 76.3 Å². The summed E-state index contributed by atoms with van der Waals surface area (Å²) in [4.78, 5) is 0. The fourth-order valence-electron chi connectivity index (χ4n) is 6.23. The molecule has 0 spiro atoms. The van der Waals surface area contributed by atoms with Gasteiger partial charge in [-0.3, -0.25) is 0 Å². The van der Waals surface area contributed by atoms with E-state index in [1.165, 1.54) is 83.7 Å². The van der Waals surface area contributed by atoms with Gasteiger partial charge in [-0.25, -0.2) is 0 Å². The Morgan fingerprint density at radius 1 is 0.857 bits per heavy atom. The molecule has 3 saturated carbocycles. The number of hydrogen-bond donors (Lipinski definition) is 2. The molecule has 0 bridgehead atoms. The third-order valence-corrected chi connectivity index (χ3v) is 11.1. The van der Waals surface area contributed by atoms with Crippen molar-refractivity contribution in [3.63, 3.8) is 0 Å². The van der Waals surface area contributed by atoms with Crippen LogP contribution in [0, 0.1) is 11.8 Å². The standard InChI is InChI=1S/C23H40Cl2N2S/c24-19-8-5-9-20(25)23(19)28-22-11-4-2-7-17(22)15-26-13-12-18-14-16-6-1-3-10-21(16)27-18/h16-23,26-27H,1-15H2. The molecule has 1 saturated heterocycles. The first-order chi connectivity index (χ1) is 13.7. The number of rotatable bonds is 7. The second-order valence-electron chi connectivity index (χ2n) is 9.89. The van der Waals surface area contributed by atoms with Gasteiger partial charge in [0.2, 0.25) is 0 Å². The van der Waals surface area contributed by atoms with Crippen molar-refractivity contribution >= 4 is 35.0 Å². The van der Waals surface area contributed by atoms with Crippen molar-refractivity contribution in [1.82, 2.24) is 10.6 Å². The van der Waals surface area contributed by atoms with Gasteiger partial charge in [-0.15, -0.1) is 23.2 Å². The van der Waals surface area contributed by atoms with Crippen molar-refractivity contribution in [2.45, 2.75) is 117 Å². The summed E-state index contributed by atoms with van der Waals surface area (Å²) in [5, 5.41) is 9.51. The molecule has 3 aliphatic carbocycles. The summed E-state index contributed by atoms with van der Waals surface area (Å²) in [6.07, 6.45) is 17.5. The highest BCUT2D eigenvalue weighted by Crippen LogP contribution is 2.43. The van der Waals surface area contributed by atoms with E-state index >= 15 is 0 Å². The first kappa shape index (κ1) is 22.1. The maximum atomic E-state index is 6.67. The molecule has 2 nitrogen and oxygen atoms in total. The molecule has 4 aliphatic rings. The van der Waals surface area contributed by atoms with Crippen LogP contribution in [0.3, 0.4) is 0 Å². The maximum absolute atomic E-state index is 6.67. The van der Waals surface area contributed by atoms with Crippen molar-refractivity contribution in [1.29, 1.82) is 0 Å². The largest absolute Gasteiger partial charge is 0.316 e. The lowest BCUT2D eigenvalue weighted by Crippen LogP contribution is -2.39. The predicted molar refractivity (Wildman–Crippen MR) is 125 cm³/mol. The molecule has 0 aromatic heterocycles. The zero-order chi connectivity index (χ0) is 19.3. The van der Waals surface area contributed by atoms with Gasteiger partial charge in [0.25, 0.3) is 0 Å². The van der Waals surface area contributed by atoms with Gasteiger partial charge in [0.1, 0.15) is 0 Å². The predicted octanol–water partition coefficient (Wildman–Crippen LogP) is 5.95. The summed E-state index contributed by atoms with van der Waals surface area (Å²) in [6, 6.07) is 1.59. The zero-order valence-electron chi connectivity index (χ0n) is 17.4. The van der Waals surface area contributed by atoms with Crippen LogP contribution >= 0.6 is 35.0 Å². The van der Waals surface area contributed by atoms with Crippen LogP contribution in [0.5, 0.6) is 0 Å². The van der Waals surface area contributed by atoms with Gasteiger partial charge in [-0.2, -0.15) is 11.8 Å². The maximum Gasteiger partial charge on any atom is 0.0469 e. The van der Waals surface area contributed by atoms with E-state index in [0.29, 0.717) is 5.25 Å².